The number of nitrogens with one attached hydrogen (secondary N) is 2. The second kappa shape index (κ2) is 11.0. The van der Waals surface area contributed by atoms with E-state index in [1.165, 1.54) is 20.8 Å². The Labute approximate surface area is 148 Å². The number of nitrogens with zero attached hydrogens (tertiary/aromatic N) is 2. The number of primary amides is 1. The number of hydrogen-bond acceptors (Lipinski definition) is 9. The molecule has 0 radical (unpaired) electrons. The molecule has 0 aliphatic carbocycles. The molecule has 13 heteroatoms. The van der Waals surface area contributed by atoms with Crippen LogP contribution in [-0.4, -0.2) is 61.6 Å². The van der Waals surface area contributed by atoms with Gasteiger partial charge in [0.1, 0.15) is 0 Å². The molecule has 4 unspecified atom stereocenters. The minimum atomic E-state index is -1.44. The van der Waals surface area contributed by atoms with E-state index in [0.717, 1.165) is 0 Å². The molecule has 0 aliphatic heterocycles. The summed E-state index contributed by atoms with van der Waals surface area (Å²) in [5.41, 5.74) is 10.1. The van der Waals surface area contributed by atoms with Crippen LogP contribution in [0.4, 0.5) is 4.79 Å². The third-order valence-electron chi connectivity index (χ3n) is 2.74. The molecule has 0 fully saturated rings. The van der Waals surface area contributed by atoms with E-state index in [2.05, 4.69) is 26.5 Å². The van der Waals surface area contributed by atoms with Gasteiger partial charge in [-0.2, -0.15) is 4.98 Å². The number of carbonyl (C=O) groups excluding carboxylic acids is 2. The normalized spacial score (nSPS) is 14.8. The Kier molecular flexibility index (Phi) is 9.80. The Balaban J connectivity index is 0.00000141. The fraction of sp³-hybridized carbons (Fsp3) is 0.615. The molecule has 1 rings (SSSR count). The van der Waals surface area contributed by atoms with Crippen LogP contribution in [0.1, 0.15) is 38.5 Å². The van der Waals surface area contributed by atoms with Crippen LogP contribution in [0.2, 0.25) is 0 Å². The van der Waals surface area contributed by atoms with E-state index in [9.17, 15) is 24.6 Å². The van der Waals surface area contributed by atoms with E-state index in [4.69, 9.17) is 15.4 Å². The van der Waals surface area contributed by atoms with Gasteiger partial charge in [-0.05, 0) is 13.8 Å². The van der Waals surface area contributed by atoms with Crippen molar-refractivity contribution in [1.29, 1.82) is 0 Å². The summed E-state index contributed by atoms with van der Waals surface area (Å²) in [5, 5.41) is 35.3. The minimum Gasteiger partial charge on any atom is -0.480 e. The van der Waals surface area contributed by atoms with Gasteiger partial charge < -0.3 is 41.9 Å². The van der Waals surface area contributed by atoms with Gasteiger partial charge in [0.05, 0.1) is 24.8 Å². The Morgan fingerprint density at radius 1 is 1.23 bits per heavy atom. The maximum atomic E-state index is 11.5. The average Bonchev–Trinajstić information content (AvgIpc) is 2.97. The second-order valence-corrected chi connectivity index (χ2v) is 5.31. The summed E-state index contributed by atoms with van der Waals surface area (Å²) in [5.74, 6) is -1.59. The van der Waals surface area contributed by atoms with Crippen LogP contribution in [0, 0.1) is 0 Å². The number of carboxylic acid groups (broad SMARTS) is 1. The molecule has 4 atom stereocenters. The highest BCUT2D eigenvalue weighted by Gasteiger charge is 2.25. The zero-order valence-electron chi connectivity index (χ0n) is 14.5. The van der Waals surface area contributed by atoms with Gasteiger partial charge in [-0.25, -0.2) is 9.59 Å². The molecule has 0 saturated heterocycles. The third-order valence-corrected chi connectivity index (χ3v) is 2.74. The number of hydrogen-bond donors (Lipinski definition) is 7. The van der Waals surface area contributed by atoms with Gasteiger partial charge >= 0.3 is 12.0 Å². The van der Waals surface area contributed by atoms with Crippen molar-refractivity contribution in [2.75, 3.05) is 0 Å². The number of carbonyl (C=O) groups is 3. The Morgan fingerprint density at radius 2 is 1.77 bits per heavy atom. The monoisotopic (exact) mass is 376 g/mol. The van der Waals surface area contributed by atoms with Crippen molar-refractivity contribution in [1.82, 2.24) is 20.8 Å². The predicted octanol–water partition coefficient (Wildman–Crippen LogP) is -2.42. The predicted molar refractivity (Wildman–Crippen MR) is 86.3 cm³/mol. The highest BCUT2D eigenvalue weighted by molar-refractivity contribution is 5.82. The lowest BCUT2D eigenvalue weighted by atomic mass is 10.2. The van der Waals surface area contributed by atoms with Crippen LogP contribution >= 0.6 is 0 Å². The number of aliphatic hydroxyl groups excluding tert-OH is 2. The van der Waals surface area contributed by atoms with Crippen molar-refractivity contribution >= 4 is 17.9 Å². The number of aromatic nitrogens is 2. The standard InChI is InChI=1S/C11H19N5O6.C2H5NO/c1-4(17)7(12)9-14-6(22-16-9)3-13-11(21)15-8(5(2)18)10(19)20;1-2(3)4/h4-5,7-8,17-18H,3,12H2,1-2H3,(H,19,20)(H2,13,15,21);1H3,(H2,3,4). The first kappa shape index (κ1) is 23.2. The molecule has 1 aromatic rings. The van der Waals surface area contributed by atoms with Crippen molar-refractivity contribution in [3.63, 3.8) is 0 Å². The van der Waals surface area contributed by atoms with Crippen LogP contribution in [0.15, 0.2) is 4.52 Å². The first-order valence-electron chi connectivity index (χ1n) is 7.43. The zero-order valence-corrected chi connectivity index (χ0v) is 14.5. The molecule has 148 valence electrons. The summed E-state index contributed by atoms with van der Waals surface area (Å²) >= 11 is 0. The molecule has 26 heavy (non-hydrogen) atoms. The number of amides is 3. The molecule has 0 bridgehead atoms. The highest BCUT2D eigenvalue weighted by atomic mass is 16.5. The number of urea groups is 1. The SMILES string of the molecule is CC(N)=O.CC(O)C(NC(=O)NCc1nc(C(N)C(C)O)no1)C(=O)O. The number of aliphatic carboxylic acids is 1. The van der Waals surface area contributed by atoms with Crippen LogP contribution in [0.5, 0.6) is 0 Å². The lowest BCUT2D eigenvalue weighted by Gasteiger charge is -2.16. The minimum absolute atomic E-state index is 0.0326. The van der Waals surface area contributed by atoms with Gasteiger partial charge in [-0.15, -0.1) is 0 Å². The zero-order chi connectivity index (χ0) is 20.4. The number of rotatable bonds is 7. The first-order valence-corrected chi connectivity index (χ1v) is 7.43. The molecule has 0 saturated carbocycles. The second-order valence-electron chi connectivity index (χ2n) is 5.31. The molecule has 13 nitrogen and oxygen atoms in total. The summed E-state index contributed by atoms with van der Waals surface area (Å²) in [6, 6.07) is -3.09. The van der Waals surface area contributed by atoms with Gasteiger partial charge in [0, 0.05) is 6.92 Å². The van der Waals surface area contributed by atoms with Gasteiger partial charge in [-0.1, -0.05) is 5.16 Å². The number of carboxylic acids is 1. The topological polar surface area (TPSA) is 227 Å². The molecule has 0 spiro atoms. The lowest BCUT2D eigenvalue weighted by Crippen LogP contribution is -2.51. The van der Waals surface area contributed by atoms with Crippen molar-refractivity contribution in [2.24, 2.45) is 11.5 Å². The number of aliphatic hydroxyl groups is 2. The van der Waals surface area contributed by atoms with E-state index in [1.54, 1.807) is 0 Å². The summed E-state index contributed by atoms with van der Waals surface area (Å²) < 4.78 is 4.83. The van der Waals surface area contributed by atoms with Crippen molar-refractivity contribution < 1.29 is 34.2 Å². The van der Waals surface area contributed by atoms with E-state index in [1.807, 2.05) is 0 Å². The fourth-order valence-electron chi connectivity index (χ4n) is 1.43. The third kappa shape index (κ3) is 8.91. The van der Waals surface area contributed by atoms with E-state index in [-0.39, 0.29) is 24.2 Å². The molecular formula is C13H24N6O7. The van der Waals surface area contributed by atoms with Crippen molar-refractivity contribution in [3.05, 3.63) is 11.7 Å². The summed E-state index contributed by atoms with van der Waals surface area (Å²) in [4.78, 5) is 35.4. The summed E-state index contributed by atoms with van der Waals surface area (Å²) in [6.07, 6.45) is -2.13. The molecule has 9 N–H and O–H groups in total. The van der Waals surface area contributed by atoms with Gasteiger partial charge in [0.25, 0.3) is 0 Å². The molecule has 0 aromatic carbocycles. The first-order chi connectivity index (χ1) is 12.0. The average molecular weight is 376 g/mol. The maximum absolute atomic E-state index is 11.5. The van der Waals surface area contributed by atoms with Crippen LogP contribution in [-0.2, 0) is 16.1 Å². The smallest absolute Gasteiger partial charge is 0.328 e. The lowest BCUT2D eigenvalue weighted by molar-refractivity contribution is -0.141. The van der Waals surface area contributed by atoms with Crippen LogP contribution in [0.3, 0.4) is 0 Å². The van der Waals surface area contributed by atoms with E-state index >= 15 is 0 Å². The van der Waals surface area contributed by atoms with Crippen LogP contribution in [0.25, 0.3) is 0 Å². The summed E-state index contributed by atoms with van der Waals surface area (Å²) in [7, 11) is 0. The van der Waals surface area contributed by atoms with Gasteiger partial charge in [-0.3, -0.25) is 4.79 Å². The Hall–Kier alpha value is -2.77. The fourth-order valence-corrected chi connectivity index (χ4v) is 1.43. The van der Waals surface area contributed by atoms with Crippen LogP contribution < -0.4 is 22.1 Å². The van der Waals surface area contributed by atoms with Crippen molar-refractivity contribution in [2.45, 2.75) is 51.6 Å². The molecule has 3 amide bonds. The molecule has 1 aromatic heterocycles. The van der Waals surface area contributed by atoms with Crippen molar-refractivity contribution in [3.8, 4) is 0 Å². The highest BCUT2D eigenvalue weighted by Crippen LogP contribution is 2.10. The molecular weight excluding hydrogens is 352 g/mol. The Morgan fingerprint density at radius 3 is 2.19 bits per heavy atom. The molecule has 0 aliphatic rings. The number of nitrogens with two attached hydrogens (primary N) is 2. The largest absolute Gasteiger partial charge is 0.480 e. The maximum Gasteiger partial charge on any atom is 0.328 e. The summed E-state index contributed by atoms with van der Waals surface area (Å²) in [6.45, 7) is 3.84. The van der Waals surface area contributed by atoms with E-state index in [0.29, 0.717) is 0 Å². The Bertz CT molecular complexity index is 600. The van der Waals surface area contributed by atoms with E-state index < -0.39 is 36.3 Å². The molecule has 1 heterocycles. The van der Waals surface area contributed by atoms with Gasteiger partial charge in [0.2, 0.25) is 11.8 Å². The van der Waals surface area contributed by atoms with Gasteiger partial charge in [0.15, 0.2) is 11.9 Å². The quantitative estimate of drug-likeness (QED) is 0.266.